The number of hydrogen-bond donors (Lipinski definition) is 1. The molecule has 0 amide bonds. The van der Waals surface area contributed by atoms with Crippen molar-refractivity contribution in [2.24, 2.45) is 5.73 Å². The van der Waals surface area contributed by atoms with E-state index in [1.54, 1.807) is 0 Å². The first-order valence-electron chi connectivity index (χ1n) is 5.75. The molecule has 3 nitrogen and oxygen atoms in total. The van der Waals surface area contributed by atoms with Gasteiger partial charge in [0.1, 0.15) is 0 Å². The van der Waals surface area contributed by atoms with E-state index < -0.39 is 0 Å². The van der Waals surface area contributed by atoms with Crippen LogP contribution < -0.4 is 15.9 Å². The molecule has 4 heteroatoms. The van der Waals surface area contributed by atoms with Gasteiger partial charge in [-0.2, -0.15) is 0 Å². The fourth-order valence-corrected chi connectivity index (χ4v) is 2.17. The van der Waals surface area contributed by atoms with Crippen LogP contribution in [0.25, 0.3) is 0 Å². The Hall–Kier alpha value is 0.679. The molecule has 0 fully saturated rings. The quantitative estimate of drug-likeness (QED) is 0.568. The first kappa shape index (κ1) is 21.0. The van der Waals surface area contributed by atoms with Crippen LogP contribution >= 0.6 is 0 Å². The molecule has 0 rings (SSSR count). The first-order chi connectivity index (χ1) is 7.24. The van der Waals surface area contributed by atoms with Crippen molar-refractivity contribution in [1.29, 1.82) is 0 Å². The maximum atomic E-state index is 9.30. The van der Waals surface area contributed by atoms with Gasteiger partial charge in [-0.25, -0.2) is 0 Å². The molecule has 0 aliphatic rings. The molecule has 0 saturated heterocycles. The van der Waals surface area contributed by atoms with Crippen LogP contribution in [0.5, 0.6) is 0 Å². The van der Waals surface area contributed by atoms with Gasteiger partial charge in [-0.05, 0) is 0 Å². The molecule has 0 aromatic heterocycles. The van der Waals surface area contributed by atoms with Gasteiger partial charge >= 0.3 is 55.6 Å². The first-order valence-corrected chi connectivity index (χ1v) is 10.6. The molecular formula is C11H27NO2Sn. The fourth-order valence-electron chi connectivity index (χ4n) is 0.446. The van der Waals surface area contributed by atoms with Crippen molar-refractivity contribution in [3.05, 3.63) is 0 Å². The SMILES string of the molecule is CCC[O-].CCC[O-].[CH3][Sn+2][CH2]CCCN. The van der Waals surface area contributed by atoms with E-state index in [-0.39, 0.29) is 34.4 Å². The summed E-state index contributed by atoms with van der Waals surface area (Å²) in [5.41, 5.74) is 5.29. The average Bonchev–Trinajstić information content (AvgIpc) is 2.30. The number of rotatable bonds is 6. The molecule has 2 N–H and O–H groups in total. The Bertz CT molecular complexity index is 63.6. The average molecular weight is 324 g/mol. The van der Waals surface area contributed by atoms with Crippen molar-refractivity contribution in [3.63, 3.8) is 0 Å². The second kappa shape index (κ2) is 29.3. The third-order valence-corrected chi connectivity index (χ3v) is 3.73. The van der Waals surface area contributed by atoms with Crippen molar-refractivity contribution >= 4 is 21.1 Å². The van der Waals surface area contributed by atoms with Crippen LogP contribution in [0.2, 0.25) is 9.38 Å². The van der Waals surface area contributed by atoms with Crippen molar-refractivity contribution in [3.8, 4) is 0 Å². The Morgan fingerprint density at radius 1 is 1.00 bits per heavy atom. The standard InChI is InChI=1S/C4H10N.2C3H7O.CH3.Sn/c1-2-3-4-5;2*1-2-3-4;;/h1-5H2;2*2-3H2,1H3;1H3;/q;2*-1;;+2. The molecule has 92 valence electrons. The third-order valence-electron chi connectivity index (χ3n) is 1.29. The molecule has 0 heterocycles. The minimum absolute atomic E-state index is 0.0694. The van der Waals surface area contributed by atoms with E-state index in [4.69, 9.17) is 5.73 Å². The zero-order chi connectivity index (χ0) is 12.4. The molecule has 0 aromatic rings. The molecule has 0 aromatic carbocycles. The Kier molecular flexibility index (Phi) is 41.1. The van der Waals surface area contributed by atoms with Crippen molar-refractivity contribution in [1.82, 2.24) is 0 Å². The molecular weight excluding hydrogens is 297 g/mol. The maximum absolute atomic E-state index is 9.30. The van der Waals surface area contributed by atoms with Gasteiger partial charge in [0.2, 0.25) is 0 Å². The number of hydrogen-bond acceptors (Lipinski definition) is 3. The number of nitrogens with two attached hydrogens (primary N) is 1. The molecule has 0 atom stereocenters. The summed E-state index contributed by atoms with van der Waals surface area (Å²) in [5.74, 6) is 0. The fraction of sp³-hybridized carbons (Fsp3) is 1.00. The Labute approximate surface area is 106 Å². The normalized spacial score (nSPS) is 7.87. The zero-order valence-electron chi connectivity index (χ0n) is 10.6. The number of unbranched alkanes of at least 4 members (excludes halogenated alkanes) is 1. The Balaban J connectivity index is -0.000000155. The van der Waals surface area contributed by atoms with Gasteiger partial charge in [-0.1, -0.05) is 26.7 Å². The topological polar surface area (TPSA) is 72.1 Å². The van der Waals surface area contributed by atoms with E-state index in [1.807, 2.05) is 13.8 Å². The van der Waals surface area contributed by atoms with E-state index in [9.17, 15) is 10.2 Å². The van der Waals surface area contributed by atoms with Gasteiger partial charge in [0, 0.05) is 0 Å². The Morgan fingerprint density at radius 2 is 1.40 bits per heavy atom. The van der Waals surface area contributed by atoms with E-state index in [1.165, 1.54) is 17.3 Å². The molecule has 0 radical (unpaired) electrons. The molecule has 15 heavy (non-hydrogen) atoms. The van der Waals surface area contributed by atoms with Gasteiger partial charge in [0.05, 0.1) is 0 Å². The van der Waals surface area contributed by atoms with E-state index >= 15 is 0 Å². The van der Waals surface area contributed by atoms with E-state index in [0.717, 1.165) is 19.4 Å². The van der Waals surface area contributed by atoms with Gasteiger partial charge in [-0.15, -0.1) is 13.2 Å². The summed E-state index contributed by atoms with van der Waals surface area (Å²) in [7, 11) is 0. The van der Waals surface area contributed by atoms with Crippen LogP contribution in [0.15, 0.2) is 0 Å². The second-order valence-electron chi connectivity index (χ2n) is 3.01. The summed E-state index contributed by atoms with van der Waals surface area (Å²) in [6.45, 7) is 4.76. The molecule has 0 saturated carbocycles. The summed E-state index contributed by atoms with van der Waals surface area (Å²) < 4.78 is 1.51. The van der Waals surface area contributed by atoms with Crippen LogP contribution in [0.4, 0.5) is 0 Å². The monoisotopic (exact) mass is 325 g/mol. The van der Waals surface area contributed by atoms with Crippen LogP contribution in [-0.2, 0) is 0 Å². The summed E-state index contributed by atoms with van der Waals surface area (Å²) >= 11 is 0.121. The van der Waals surface area contributed by atoms with Crippen molar-refractivity contribution in [2.75, 3.05) is 19.8 Å². The van der Waals surface area contributed by atoms with Crippen LogP contribution in [-0.4, -0.2) is 40.9 Å². The predicted molar refractivity (Wildman–Crippen MR) is 65.0 cm³/mol. The van der Waals surface area contributed by atoms with E-state index in [2.05, 4.69) is 4.94 Å². The minimum atomic E-state index is 0.0694. The van der Waals surface area contributed by atoms with Gasteiger partial charge in [-0.3, -0.25) is 0 Å². The van der Waals surface area contributed by atoms with Gasteiger partial charge in [0.15, 0.2) is 0 Å². The van der Waals surface area contributed by atoms with Gasteiger partial charge in [0.25, 0.3) is 0 Å². The van der Waals surface area contributed by atoms with Crippen LogP contribution in [0.1, 0.15) is 39.5 Å². The molecule has 0 aliphatic heterocycles. The zero-order valence-corrected chi connectivity index (χ0v) is 13.4. The predicted octanol–water partition coefficient (Wildman–Crippen LogP) is 0.409. The molecule has 0 bridgehead atoms. The van der Waals surface area contributed by atoms with Crippen molar-refractivity contribution in [2.45, 2.75) is 48.9 Å². The Morgan fingerprint density at radius 3 is 1.60 bits per heavy atom. The third kappa shape index (κ3) is 52.9. The van der Waals surface area contributed by atoms with Crippen LogP contribution in [0.3, 0.4) is 0 Å². The summed E-state index contributed by atoms with van der Waals surface area (Å²) in [6, 6.07) is 0. The van der Waals surface area contributed by atoms with Crippen LogP contribution in [0, 0.1) is 0 Å². The summed E-state index contributed by atoms with van der Waals surface area (Å²) in [5, 5.41) is 18.6. The molecule has 0 unspecified atom stereocenters. The van der Waals surface area contributed by atoms with Gasteiger partial charge < -0.3 is 10.2 Å². The second-order valence-corrected chi connectivity index (χ2v) is 6.45. The summed E-state index contributed by atoms with van der Waals surface area (Å²) in [6.07, 6.45) is 4.16. The van der Waals surface area contributed by atoms with Crippen molar-refractivity contribution < 1.29 is 10.2 Å². The van der Waals surface area contributed by atoms with E-state index in [0.29, 0.717) is 0 Å². The molecule has 0 aliphatic carbocycles. The summed E-state index contributed by atoms with van der Waals surface area (Å²) in [4.78, 5) is 2.37. The molecule has 0 spiro atoms.